The highest BCUT2D eigenvalue weighted by atomic mass is 16.5. The van der Waals surface area contributed by atoms with E-state index < -0.39 is 12.1 Å². The van der Waals surface area contributed by atoms with E-state index in [1.54, 1.807) is 0 Å². The van der Waals surface area contributed by atoms with Crippen molar-refractivity contribution in [2.24, 2.45) is 0 Å². The Morgan fingerprint density at radius 3 is 0.951 bits per heavy atom. The van der Waals surface area contributed by atoms with Crippen molar-refractivity contribution in [1.29, 1.82) is 0 Å². The number of aliphatic hydroxyl groups excluding tert-OH is 2. The third-order valence-corrected chi connectivity index (χ3v) is 17.1. The minimum absolute atomic E-state index is 0.00727. The number of rotatable bonds is 69. The summed E-state index contributed by atoms with van der Waals surface area (Å²) in [6, 6.07) is -0.546. The van der Waals surface area contributed by atoms with Crippen molar-refractivity contribution >= 4 is 11.9 Å². The summed E-state index contributed by atoms with van der Waals surface area (Å²) in [7, 11) is 0. The van der Waals surface area contributed by atoms with Crippen LogP contribution in [0.2, 0.25) is 0 Å². The van der Waals surface area contributed by atoms with Crippen LogP contribution in [0, 0.1) is 0 Å². The van der Waals surface area contributed by atoms with E-state index in [1.807, 2.05) is 0 Å². The molecule has 0 saturated carbocycles. The van der Waals surface area contributed by atoms with Crippen molar-refractivity contribution in [2.45, 2.75) is 411 Å². The van der Waals surface area contributed by atoms with Crippen molar-refractivity contribution in [2.75, 3.05) is 13.2 Å². The molecule has 6 heteroatoms. The molecule has 0 aromatic heterocycles. The summed E-state index contributed by atoms with van der Waals surface area (Å²) in [5.74, 6) is -0.0276. The Morgan fingerprint density at radius 2 is 0.610 bits per heavy atom. The van der Waals surface area contributed by atoms with Crippen LogP contribution >= 0.6 is 0 Å². The molecule has 0 rings (SSSR count). The Balaban J connectivity index is 3.41. The van der Waals surface area contributed by atoms with Crippen LogP contribution in [0.4, 0.5) is 0 Å². The maximum atomic E-state index is 12.5. The van der Waals surface area contributed by atoms with E-state index in [1.165, 1.54) is 308 Å². The summed E-state index contributed by atoms with van der Waals surface area (Å²) >= 11 is 0. The second-order valence-corrected chi connectivity index (χ2v) is 25.3. The highest BCUT2D eigenvalue weighted by Crippen LogP contribution is 2.19. The predicted octanol–water partition coefficient (Wildman–Crippen LogP) is 24.0. The minimum Gasteiger partial charge on any atom is -0.466 e. The Hall–Kier alpha value is -2.18. The molecule has 1 amide bonds. The summed E-state index contributed by atoms with van der Waals surface area (Å²) in [5, 5.41) is 23.4. The van der Waals surface area contributed by atoms with Gasteiger partial charge in [0, 0.05) is 12.8 Å². The number of ether oxygens (including phenoxy) is 1. The molecule has 82 heavy (non-hydrogen) atoms. The van der Waals surface area contributed by atoms with E-state index in [9.17, 15) is 19.8 Å². The zero-order valence-corrected chi connectivity index (χ0v) is 55.2. The summed E-state index contributed by atoms with van der Waals surface area (Å²) in [5.41, 5.74) is 0. The quantitative estimate of drug-likeness (QED) is 0.0320. The van der Waals surface area contributed by atoms with Crippen molar-refractivity contribution in [1.82, 2.24) is 5.32 Å². The third kappa shape index (κ3) is 67.0. The van der Waals surface area contributed by atoms with Gasteiger partial charge in [-0.15, -0.1) is 0 Å². The minimum atomic E-state index is -0.668. The van der Waals surface area contributed by atoms with E-state index in [0.29, 0.717) is 25.9 Å². The van der Waals surface area contributed by atoms with Crippen LogP contribution in [0.1, 0.15) is 399 Å². The molecular formula is C76H143NO5. The molecule has 0 aromatic rings. The Labute approximate surface area is 512 Å². The topological polar surface area (TPSA) is 95.9 Å². The predicted molar refractivity (Wildman–Crippen MR) is 361 cm³/mol. The van der Waals surface area contributed by atoms with Gasteiger partial charge in [-0.2, -0.15) is 0 Å². The highest BCUT2D eigenvalue weighted by molar-refractivity contribution is 5.76. The first kappa shape index (κ1) is 79.8. The van der Waals surface area contributed by atoms with Gasteiger partial charge in [0.05, 0.1) is 25.4 Å². The first-order chi connectivity index (χ1) is 40.5. The summed E-state index contributed by atoms with van der Waals surface area (Å²) in [4.78, 5) is 24.7. The van der Waals surface area contributed by atoms with E-state index >= 15 is 0 Å². The maximum Gasteiger partial charge on any atom is 0.305 e. The molecule has 0 aliphatic rings. The molecule has 0 fully saturated rings. The first-order valence-electron chi connectivity index (χ1n) is 36.9. The van der Waals surface area contributed by atoms with Gasteiger partial charge in [0.15, 0.2) is 0 Å². The number of carbonyl (C=O) groups is 2. The van der Waals surface area contributed by atoms with Crippen molar-refractivity contribution in [3.05, 3.63) is 48.6 Å². The second-order valence-electron chi connectivity index (χ2n) is 25.3. The van der Waals surface area contributed by atoms with Crippen LogP contribution in [0.5, 0.6) is 0 Å². The van der Waals surface area contributed by atoms with Crippen LogP contribution < -0.4 is 5.32 Å². The molecule has 0 spiro atoms. The van der Waals surface area contributed by atoms with Gasteiger partial charge in [-0.1, -0.05) is 345 Å². The fourth-order valence-electron chi connectivity index (χ4n) is 11.5. The molecular weight excluding hydrogens is 1010 g/mol. The number of esters is 1. The van der Waals surface area contributed by atoms with Gasteiger partial charge in [-0.25, -0.2) is 0 Å². The molecule has 0 aliphatic heterocycles. The number of carbonyl (C=O) groups excluding carboxylic acids is 2. The molecule has 0 bridgehead atoms. The van der Waals surface area contributed by atoms with E-state index in [-0.39, 0.29) is 18.5 Å². The van der Waals surface area contributed by atoms with Crippen LogP contribution in [0.3, 0.4) is 0 Å². The fraction of sp³-hybridized carbons (Fsp3) is 0.868. The van der Waals surface area contributed by atoms with E-state index in [0.717, 1.165) is 57.8 Å². The number of nitrogens with one attached hydrogen (secondary N) is 1. The molecule has 0 saturated heterocycles. The molecule has 482 valence electrons. The SMILES string of the molecule is CCCCC/C=C\C/C=C\CCCCCCCCCCCC(=O)OCCCCCCCCCCC/C=C\C/C=C\CCCCCCCCCCCCCC(=O)NC(CO)C(O)CCCCCCCCCCCCCCCCCCCCC. The molecule has 0 aromatic carbocycles. The Morgan fingerprint density at radius 1 is 0.341 bits per heavy atom. The zero-order valence-electron chi connectivity index (χ0n) is 55.2. The maximum absolute atomic E-state index is 12.5. The average molecular weight is 1150 g/mol. The lowest BCUT2D eigenvalue weighted by molar-refractivity contribution is -0.143. The molecule has 3 N–H and O–H groups in total. The smallest absolute Gasteiger partial charge is 0.305 e. The average Bonchev–Trinajstić information content (AvgIpc) is 3.48. The number of aliphatic hydroxyl groups is 2. The summed E-state index contributed by atoms with van der Waals surface area (Å²) in [6.45, 7) is 4.96. The Kier molecular flexibility index (Phi) is 69.4. The monoisotopic (exact) mass is 1150 g/mol. The second kappa shape index (κ2) is 71.3. The fourth-order valence-corrected chi connectivity index (χ4v) is 11.5. The van der Waals surface area contributed by atoms with Gasteiger partial charge >= 0.3 is 5.97 Å². The molecule has 2 unspecified atom stereocenters. The van der Waals surface area contributed by atoms with Crippen molar-refractivity contribution in [3.63, 3.8) is 0 Å². The van der Waals surface area contributed by atoms with E-state index in [2.05, 4.69) is 67.8 Å². The lowest BCUT2D eigenvalue weighted by atomic mass is 10.0. The molecule has 0 aliphatic carbocycles. The summed E-state index contributed by atoms with van der Waals surface area (Å²) < 4.78 is 5.50. The Bertz CT molecular complexity index is 1370. The number of unbranched alkanes of at least 4 members (excludes halogenated alkanes) is 50. The molecule has 0 heterocycles. The number of amides is 1. The standard InChI is InChI=1S/C76H143NO5/c1-3-5-7-9-11-13-15-17-19-21-32-36-40-44-48-52-56-60-64-68-74(79)73(72-78)77-75(80)69-65-61-57-53-49-45-41-37-34-30-28-26-24-23-25-27-29-31-35-39-43-47-51-55-59-63-67-71-82-76(81)70-66-62-58-54-50-46-42-38-33-22-20-18-16-14-12-10-8-6-4-2/h12,14,18,20,23-24,27,29,73-74,78-79H,3-11,13,15-17,19,21-22,25-26,28,30-72H2,1-2H3,(H,77,80)/b14-12-,20-18-,24-23-,29-27-. The largest absolute Gasteiger partial charge is 0.466 e. The lowest BCUT2D eigenvalue weighted by Crippen LogP contribution is -2.45. The van der Waals surface area contributed by atoms with Gasteiger partial charge < -0.3 is 20.3 Å². The van der Waals surface area contributed by atoms with Crippen LogP contribution in [0.25, 0.3) is 0 Å². The zero-order chi connectivity index (χ0) is 59.2. The molecule has 6 nitrogen and oxygen atoms in total. The van der Waals surface area contributed by atoms with Gasteiger partial charge in [-0.3, -0.25) is 9.59 Å². The van der Waals surface area contributed by atoms with Gasteiger partial charge in [-0.05, 0) is 89.9 Å². The van der Waals surface area contributed by atoms with Gasteiger partial charge in [0.2, 0.25) is 5.91 Å². The molecule has 0 radical (unpaired) electrons. The van der Waals surface area contributed by atoms with Gasteiger partial charge in [0.1, 0.15) is 0 Å². The highest BCUT2D eigenvalue weighted by Gasteiger charge is 2.20. The number of allylic oxidation sites excluding steroid dienone is 8. The van der Waals surface area contributed by atoms with Crippen molar-refractivity contribution < 1.29 is 24.5 Å². The van der Waals surface area contributed by atoms with Gasteiger partial charge in [0.25, 0.3) is 0 Å². The van der Waals surface area contributed by atoms with Crippen LogP contribution in [-0.2, 0) is 14.3 Å². The number of hydrogen-bond acceptors (Lipinski definition) is 5. The first-order valence-corrected chi connectivity index (χ1v) is 36.9. The van der Waals surface area contributed by atoms with Crippen LogP contribution in [-0.4, -0.2) is 47.4 Å². The van der Waals surface area contributed by atoms with E-state index in [4.69, 9.17) is 4.74 Å². The number of hydrogen-bond donors (Lipinski definition) is 3. The lowest BCUT2D eigenvalue weighted by Gasteiger charge is -2.22. The van der Waals surface area contributed by atoms with Crippen molar-refractivity contribution in [3.8, 4) is 0 Å². The third-order valence-electron chi connectivity index (χ3n) is 17.1. The van der Waals surface area contributed by atoms with Crippen LogP contribution in [0.15, 0.2) is 48.6 Å². The summed E-state index contributed by atoms with van der Waals surface area (Å²) in [6.07, 6.45) is 93.1. The normalized spacial score (nSPS) is 12.8. The molecule has 2 atom stereocenters.